The highest BCUT2D eigenvalue weighted by Crippen LogP contribution is 2.30. The molecular weight excluding hydrogens is 346 g/mol. The number of rotatable bonds is 3. The summed E-state index contributed by atoms with van der Waals surface area (Å²) in [5.74, 6) is -0.354. The van der Waals surface area contributed by atoms with Gasteiger partial charge in [-0.2, -0.15) is 0 Å². The van der Waals surface area contributed by atoms with Crippen molar-refractivity contribution in [3.63, 3.8) is 0 Å². The van der Waals surface area contributed by atoms with Crippen molar-refractivity contribution in [3.05, 3.63) is 64.2 Å². The van der Waals surface area contributed by atoms with Gasteiger partial charge in [0, 0.05) is 6.26 Å². The summed E-state index contributed by atoms with van der Waals surface area (Å²) in [7, 11) is -3.40. The van der Waals surface area contributed by atoms with Gasteiger partial charge in [0.15, 0.2) is 9.84 Å². The Morgan fingerprint density at radius 3 is 2.71 bits per heavy atom. The average Bonchev–Trinajstić information content (AvgIpc) is 2.54. The van der Waals surface area contributed by atoms with E-state index in [4.69, 9.17) is 11.6 Å². The molecule has 126 valence electrons. The molecule has 1 N–H and O–H groups in total. The van der Waals surface area contributed by atoms with E-state index < -0.39 is 9.84 Å². The molecule has 2 aromatic rings. The fourth-order valence-electron chi connectivity index (χ4n) is 3.05. The lowest BCUT2D eigenvalue weighted by molar-refractivity contribution is 0.0932. The van der Waals surface area contributed by atoms with Crippen molar-refractivity contribution in [1.29, 1.82) is 0 Å². The van der Waals surface area contributed by atoms with Crippen LogP contribution in [0.2, 0.25) is 5.02 Å². The van der Waals surface area contributed by atoms with Crippen LogP contribution >= 0.6 is 11.6 Å². The van der Waals surface area contributed by atoms with Crippen molar-refractivity contribution in [1.82, 2.24) is 5.32 Å². The summed E-state index contributed by atoms with van der Waals surface area (Å²) in [4.78, 5) is 12.7. The molecule has 1 aliphatic rings. The predicted molar refractivity (Wildman–Crippen MR) is 94.1 cm³/mol. The van der Waals surface area contributed by atoms with Gasteiger partial charge in [-0.1, -0.05) is 35.9 Å². The van der Waals surface area contributed by atoms with Gasteiger partial charge < -0.3 is 5.32 Å². The molecule has 4 nitrogen and oxygen atoms in total. The SMILES string of the molecule is CS(=O)(=O)c1ccc(Cl)c(C(=O)N[C@@H]2CCCc3ccccc32)c1. The predicted octanol–water partition coefficient (Wildman–Crippen LogP) is 3.55. The standard InChI is InChI=1S/C18H18ClNO3S/c1-24(22,23)13-9-10-16(19)15(11-13)18(21)20-17-8-4-6-12-5-2-3-7-14(12)17/h2-3,5,7,9-11,17H,4,6,8H2,1H3,(H,20,21)/t17-/m1/s1. The minimum absolute atomic E-state index is 0.0830. The zero-order valence-corrected chi connectivity index (χ0v) is 14.8. The molecule has 0 bridgehead atoms. The van der Waals surface area contributed by atoms with Gasteiger partial charge >= 0.3 is 0 Å². The zero-order chi connectivity index (χ0) is 17.3. The monoisotopic (exact) mass is 363 g/mol. The number of fused-ring (bicyclic) bond motifs is 1. The molecule has 0 saturated carbocycles. The molecule has 6 heteroatoms. The van der Waals surface area contributed by atoms with Crippen LogP contribution in [0.4, 0.5) is 0 Å². The Kier molecular flexibility index (Phi) is 4.65. The summed E-state index contributed by atoms with van der Waals surface area (Å²) < 4.78 is 23.4. The molecule has 1 amide bonds. The Bertz CT molecular complexity index is 893. The number of aryl methyl sites for hydroxylation is 1. The molecule has 2 aromatic carbocycles. The summed E-state index contributed by atoms with van der Waals surface area (Å²) in [5, 5.41) is 3.23. The number of hydrogen-bond acceptors (Lipinski definition) is 3. The lowest BCUT2D eigenvalue weighted by Crippen LogP contribution is -2.31. The fraction of sp³-hybridized carbons (Fsp3) is 0.278. The number of nitrogens with one attached hydrogen (secondary N) is 1. The lowest BCUT2D eigenvalue weighted by Gasteiger charge is -2.26. The largest absolute Gasteiger partial charge is 0.345 e. The van der Waals surface area contributed by atoms with E-state index in [0.29, 0.717) is 0 Å². The smallest absolute Gasteiger partial charge is 0.253 e. The third kappa shape index (κ3) is 3.47. The van der Waals surface area contributed by atoms with E-state index in [1.807, 2.05) is 18.2 Å². The van der Waals surface area contributed by atoms with Crippen molar-refractivity contribution in [2.24, 2.45) is 0 Å². The van der Waals surface area contributed by atoms with Gasteiger partial charge in [-0.3, -0.25) is 4.79 Å². The summed E-state index contributed by atoms with van der Waals surface area (Å²) >= 11 is 6.10. The molecule has 1 atom stereocenters. The third-order valence-corrected chi connectivity index (χ3v) is 5.73. The van der Waals surface area contributed by atoms with Crippen LogP contribution in [-0.2, 0) is 16.3 Å². The summed E-state index contributed by atoms with van der Waals surface area (Å²) in [6.07, 6.45) is 3.97. The Hall–Kier alpha value is -1.85. The zero-order valence-electron chi connectivity index (χ0n) is 13.3. The maximum Gasteiger partial charge on any atom is 0.253 e. The molecule has 0 unspecified atom stereocenters. The third-order valence-electron chi connectivity index (χ3n) is 4.29. The second kappa shape index (κ2) is 6.57. The first-order valence-corrected chi connectivity index (χ1v) is 10.0. The highest BCUT2D eigenvalue weighted by Gasteiger charge is 2.23. The van der Waals surface area contributed by atoms with E-state index in [-0.39, 0.29) is 27.4 Å². The normalized spacial score (nSPS) is 17.2. The molecule has 0 aromatic heterocycles. The Morgan fingerprint density at radius 2 is 1.96 bits per heavy atom. The molecule has 0 aliphatic heterocycles. The summed E-state index contributed by atoms with van der Waals surface area (Å²) in [6, 6.07) is 12.2. The van der Waals surface area contributed by atoms with Crippen LogP contribution in [0.3, 0.4) is 0 Å². The van der Waals surface area contributed by atoms with Crippen LogP contribution in [0.25, 0.3) is 0 Å². The van der Waals surface area contributed by atoms with E-state index in [1.54, 1.807) is 0 Å². The van der Waals surface area contributed by atoms with Crippen molar-refractivity contribution < 1.29 is 13.2 Å². The van der Waals surface area contributed by atoms with Gasteiger partial charge in [-0.05, 0) is 48.6 Å². The maximum atomic E-state index is 12.6. The van der Waals surface area contributed by atoms with Crippen LogP contribution in [0.5, 0.6) is 0 Å². The summed E-state index contributed by atoms with van der Waals surface area (Å²) in [5.41, 5.74) is 2.54. The second-order valence-electron chi connectivity index (χ2n) is 6.03. The van der Waals surface area contributed by atoms with E-state index >= 15 is 0 Å². The first-order valence-electron chi connectivity index (χ1n) is 7.74. The molecule has 0 radical (unpaired) electrons. The molecule has 0 fully saturated rings. The topological polar surface area (TPSA) is 63.2 Å². The van der Waals surface area contributed by atoms with Crippen molar-refractivity contribution >= 4 is 27.3 Å². The number of carbonyl (C=O) groups excluding carboxylic acids is 1. The quantitative estimate of drug-likeness (QED) is 0.907. The molecule has 1 aliphatic carbocycles. The second-order valence-corrected chi connectivity index (χ2v) is 8.45. The van der Waals surface area contributed by atoms with Crippen molar-refractivity contribution in [2.75, 3.05) is 6.26 Å². The molecule has 3 rings (SSSR count). The Labute approximate surface area is 146 Å². The van der Waals surface area contributed by atoms with E-state index in [2.05, 4.69) is 11.4 Å². The van der Waals surface area contributed by atoms with Crippen molar-refractivity contribution in [3.8, 4) is 0 Å². The highest BCUT2D eigenvalue weighted by atomic mass is 35.5. The van der Waals surface area contributed by atoms with Crippen LogP contribution in [0.15, 0.2) is 47.4 Å². The van der Waals surface area contributed by atoms with Gasteiger partial charge in [0.05, 0.1) is 21.5 Å². The fourth-order valence-corrected chi connectivity index (χ4v) is 3.90. The molecule has 24 heavy (non-hydrogen) atoms. The van der Waals surface area contributed by atoms with Crippen LogP contribution in [0.1, 0.15) is 40.4 Å². The van der Waals surface area contributed by atoms with Crippen LogP contribution in [0, 0.1) is 0 Å². The number of carbonyl (C=O) groups is 1. The highest BCUT2D eigenvalue weighted by molar-refractivity contribution is 7.90. The van der Waals surface area contributed by atoms with E-state index in [1.165, 1.54) is 23.8 Å². The molecule has 0 saturated heterocycles. The number of hydrogen-bond donors (Lipinski definition) is 1. The summed E-state index contributed by atoms with van der Waals surface area (Å²) in [6.45, 7) is 0. The molecule has 0 spiro atoms. The van der Waals surface area contributed by atoms with Crippen LogP contribution in [-0.4, -0.2) is 20.6 Å². The first-order chi connectivity index (χ1) is 11.4. The number of sulfone groups is 1. The lowest BCUT2D eigenvalue weighted by atomic mass is 9.87. The number of benzene rings is 2. The molecule has 0 heterocycles. The van der Waals surface area contributed by atoms with Gasteiger partial charge in [-0.25, -0.2) is 8.42 Å². The number of halogens is 1. The first kappa shape index (κ1) is 17.0. The van der Waals surface area contributed by atoms with Gasteiger partial charge in [0.2, 0.25) is 0 Å². The van der Waals surface area contributed by atoms with E-state index in [9.17, 15) is 13.2 Å². The van der Waals surface area contributed by atoms with Crippen LogP contribution < -0.4 is 5.32 Å². The Balaban J connectivity index is 1.89. The van der Waals surface area contributed by atoms with Gasteiger partial charge in [0.25, 0.3) is 5.91 Å². The van der Waals surface area contributed by atoms with Crippen molar-refractivity contribution in [2.45, 2.75) is 30.2 Å². The van der Waals surface area contributed by atoms with Gasteiger partial charge in [-0.15, -0.1) is 0 Å². The number of amides is 1. The van der Waals surface area contributed by atoms with Gasteiger partial charge in [0.1, 0.15) is 0 Å². The minimum Gasteiger partial charge on any atom is -0.345 e. The molecular formula is C18H18ClNO3S. The maximum absolute atomic E-state index is 12.6. The Morgan fingerprint density at radius 1 is 1.21 bits per heavy atom. The van der Waals surface area contributed by atoms with E-state index in [0.717, 1.165) is 31.1 Å². The minimum atomic E-state index is -3.40. The average molecular weight is 364 g/mol.